The topological polar surface area (TPSA) is 62.1 Å². The summed E-state index contributed by atoms with van der Waals surface area (Å²) in [5.74, 6) is 0.215. The van der Waals surface area contributed by atoms with Gasteiger partial charge < -0.3 is 10.1 Å². The van der Waals surface area contributed by atoms with Crippen LogP contribution >= 0.6 is 45.8 Å². The lowest BCUT2D eigenvalue weighted by Crippen LogP contribution is -2.13. The number of carbonyl (C=O) groups is 1. The molecule has 25 heavy (non-hydrogen) atoms. The number of anilines is 1. The smallest absolute Gasteiger partial charge is 0.266 e. The van der Waals surface area contributed by atoms with Crippen LogP contribution in [0.25, 0.3) is 6.08 Å². The first kappa shape index (κ1) is 19.6. The molecule has 0 bridgehead atoms. The van der Waals surface area contributed by atoms with E-state index in [1.165, 1.54) is 12.1 Å². The summed E-state index contributed by atoms with van der Waals surface area (Å²) in [6.07, 6.45) is 1.51. The Kier molecular flexibility index (Phi) is 7.12. The first-order chi connectivity index (χ1) is 11.9. The number of rotatable bonds is 5. The first-order valence-electron chi connectivity index (χ1n) is 7.25. The Morgan fingerprint density at radius 3 is 2.68 bits per heavy atom. The molecule has 0 radical (unpaired) electrons. The number of hydrogen-bond donors (Lipinski definition) is 1. The van der Waals surface area contributed by atoms with Crippen molar-refractivity contribution >= 4 is 63.5 Å². The van der Waals surface area contributed by atoms with Crippen LogP contribution in [0.4, 0.5) is 5.69 Å². The number of hydrogen-bond acceptors (Lipinski definition) is 3. The Morgan fingerprint density at radius 1 is 1.32 bits per heavy atom. The van der Waals surface area contributed by atoms with Crippen LogP contribution in [0.15, 0.2) is 42.0 Å². The normalized spacial score (nSPS) is 10.9. The average molecular weight is 487 g/mol. The fourth-order valence-electron chi connectivity index (χ4n) is 1.98. The molecule has 0 spiro atoms. The lowest BCUT2D eigenvalue weighted by atomic mass is 10.1. The molecule has 4 nitrogen and oxygen atoms in total. The van der Waals surface area contributed by atoms with Crippen LogP contribution in [-0.4, -0.2) is 12.5 Å². The van der Waals surface area contributed by atoms with Gasteiger partial charge in [0.1, 0.15) is 17.4 Å². The van der Waals surface area contributed by atoms with Crippen molar-refractivity contribution in [2.24, 2.45) is 0 Å². The second-order valence-electron chi connectivity index (χ2n) is 4.87. The van der Waals surface area contributed by atoms with E-state index in [9.17, 15) is 10.1 Å². The molecule has 0 fully saturated rings. The summed E-state index contributed by atoms with van der Waals surface area (Å²) in [5.41, 5.74) is 1.08. The molecule has 0 saturated heterocycles. The number of ether oxygens (including phenoxy) is 1. The molecule has 0 unspecified atom stereocenters. The minimum Gasteiger partial charge on any atom is -0.493 e. The average Bonchev–Trinajstić information content (AvgIpc) is 2.57. The standard InChI is InChI=1S/C18H13Cl2IN2O2/c1-2-25-17-6-3-11(8-15(17)21)7-12(10-22)18(24)23-16-5-4-13(19)9-14(16)20/h3-9H,2H2,1H3,(H,23,24). The fraction of sp³-hybridized carbons (Fsp3) is 0.111. The molecule has 128 valence electrons. The third kappa shape index (κ3) is 5.36. The maximum atomic E-state index is 12.3. The van der Waals surface area contributed by atoms with E-state index in [2.05, 4.69) is 27.9 Å². The van der Waals surface area contributed by atoms with Crippen molar-refractivity contribution in [3.05, 3.63) is 61.2 Å². The molecule has 7 heteroatoms. The second kappa shape index (κ2) is 9.09. The lowest BCUT2D eigenvalue weighted by Gasteiger charge is -2.08. The molecule has 0 atom stereocenters. The van der Waals surface area contributed by atoms with Crippen molar-refractivity contribution in [1.82, 2.24) is 0 Å². The van der Waals surface area contributed by atoms with E-state index < -0.39 is 5.91 Å². The van der Waals surface area contributed by atoms with E-state index >= 15 is 0 Å². The maximum absolute atomic E-state index is 12.3. The Bertz CT molecular complexity index is 876. The Morgan fingerprint density at radius 2 is 2.08 bits per heavy atom. The zero-order valence-electron chi connectivity index (χ0n) is 13.1. The van der Waals surface area contributed by atoms with Gasteiger partial charge in [-0.05, 0) is 71.5 Å². The maximum Gasteiger partial charge on any atom is 0.266 e. The zero-order valence-corrected chi connectivity index (χ0v) is 16.8. The van der Waals surface area contributed by atoms with Gasteiger partial charge >= 0.3 is 0 Å². The number of nitriles is 1. The van der Waals surface area contributed by atoms with E-state index in [1.54, 1.807) is 24.3 Å². The predicted molar refractivity (Wildman–Crippen MR) is 109 cm³/mol. The quantitative estimate of drug-likeness (QED) is 0.342. The van der Waals surface area contributed by atoms with Crippen molar-refractivity contribution in [3.63, 3.8) is 0 Å². The van der Waals surface area contributed by atoms with Crippen molar-refractivity contribution in [3.8, 4) is 11.8 Å². The summed E-state index contributed by atoms with van der Waals surface area (Å²) in [6, 6.07) is 12.0. The monoisotopic (exact) mass is 486 g/mol. The van der Waals surface area contributed by atoms with Crippen LogP contribution in [0.2, 0.25) is 10.0 Å². The van der Waals surface area contributed by atoms with E-state index in [1.807, 2.05) is 19.1 Å². The van der Waals surface area contributed by atoms with Crippen LogP contribution in [0.3, 0.4) is 0 Å². The highest BCUT2D eigenvalue weighted by Crippen LogP contribution is 2.26. The number of halogens is 3. The number of amides is 1. The highest BCUT2D eigenvalue weighted by Gasteiger charge is 2.12. The Balaban J connectivity index is 2.23. The summed E-state index contributed by atoms with van der Waals surface area (Å²) in [5, 5.41) is 12.7. The molecule has 2 aromatic rings. The van der Waals surface area contributed by atoms with Gasteiger partial charge in [-0.25, -0.2) is 0 Å². The number of carbonyl (C=O) groups excluding carboxylic acids is 1. The van der Waals surface area contributed by atoms with E-state index in [0.29, 0.717) is 22.3 Å². The molecule has 0 aliphatic carbocycles. The highest BCUT2D eigenvalue weighted by atomic mass is 127. The van der Waals surface area contributed by atoms with Gasteiger partial charge in [0.15, 0.2) is 0 Å². The van der Waals surface area contributed by atoms with Gasteiger partial charge in [0.25, 0.3) is 5.91 Å². The Labute approximate surface area is 169 Å². The molecule has 1 N–H and O–H groups in total. The lowest BCUT2D eigenvalue weighted by molar-refractivity contribution is -0.112. The third-order valence-electron chi connectivity index (χ3n) is 3.11. The van der Waals surface area contributed by atoms with Crippen LogP contribution in [0, 0.1) is 14.9 Å². The number of benzene rings is 2. The molecule has 0 aliphatic rings. The van der Waals surface area contributed by atoms with Crippen molar-refractivity contribution < 1.29 is 9.53 Å². The fourth-order valence-corrected chi connectivity index (χ4v) is 3.13. The van der Waals surface area contributed by atoms with Gasteiger partial charge in [0, 0.05) is 5.02 Å². The van der Waals surface area contributed by atoms with E-state index in [-0.39, 0.29) is 5.57 Å². The molecular formula is C18H13Cl2IN2O2. The van der Waals surface area contributed by atoms with E-state index in [0.717, 1.165) is 14.9 Å². The molecule has 1 amide bonds. The Hall–Kier alpha value is -1.75. The van der Waals surface area contributed by atoms with Gasteiger partial charge in [0.05, 0.1) is 20.9 Å². The third-order valence-corrected chi connectivity index (χ3v) is 4.50. The summed E-state index contributed by atoms with van der Waals surface area (Å²) >= 11 is 14.0. The number of nitrogens with zero attached hydrogens (tertiary/aromatic N) is 1. The van der Waals surface area contributed by atoms with Crippen molar-refractivity contribution in [1.29, 1.82) is 5.26 Å². The summed E-state index contributed by atoms with van der Waals surface area (Å²) in [7, 11) is 0. The van der Waals surface area contributed by atoms with Gasteiger partial charge in [-0.15, -0.1) is 0 Å². The van der Waals surface area contributed by atoms with Gasteiger partial charge in [-0.2, -0.15) is 5.26 Å². The SMILES string of the molecule is CCOc1ccc(C=C(C#N)C(=O)Nc2ccc(Cl)cc2Cl)cc1I. The molecular weight excluding hydrogens is 474 g/mol. The van der Waals surface area contributed by atoms with Gasteiger partial charge in [-0.3, -0.25) is 4.79 Å². The molecule has 0 aliphatic heterocycles. The highest BCUT2D eigenvalue weighted by molar-refractivity contribution is 14.1. The van der Waals surface area contributed by atoms with Crippen molar-refractivity contribution in [2.75, 3.05) is 11.9 Å². The largest absolute Gasteiger partial charge is 0.493 e. The van der Waals surface area contributed by atoms with Crippen LogP contribution in [-0.2, 0) is 4.79 Å². The van der Waals surface area contributed by atoms with Crippen LogP contribution in [0.5, 0.6) is 5.75 Å². The molecule has 2 rings (SSSR count). The molecule has 0 saturated carbocycles. The summed E-state index contributed by atoms with van der Waals surface area (Å²) in [6.45, 7) is 2.48. The van der Waals surface area contributed by atoms with Crippen LogP contribution in [0.1, 0.15) is 12.5 Å². The summed E-state index contributed by atoms with van der Waals surface area (Å²) < 4.78 is 6.37. The van der Waals surface area contributed by atoms with Crippen LogP contribution < -0.4 is 10.1 Å². The van der Waals surface area contributed by atoms with Gasteiger partial charge in [-0.1, -0.05) is 29.3 Å². The second-order valence-corrected chi connectivity index (χ2v) is 6.88. The minimum atomic E-state index is -0.546. The first-order valence-corrected chi connectivity index (χ1v) is 9.08. The molecule has 0 aromatic heterocycles. The minimum absolute atomic E-state index is 0.0361. The van der Waals surface area contributed by atoms with Gasteiger partial charge in [0.2, 0.25) is 0 Å². The number of nitrogens with one attached hydrogen (secondary N) is 1. The molecule has 0 heterocycles. The molecule has 2 aromatic carbocycles. The van der Waals surface area contributed by atoms with Crippen molar-refractivity contribution in [2.45, 2.75) is 6.92 Å². The predicted octanol–water partition coefficient (Wildman–Crippen LogP) is 5.54. The summed E-state index contributed by atoms with van der Waals surface area (Å²) in [4.78, 5) is 12.3. The van der Waals surface area contributed by atoms with E-state index in [4.69, 9.17) is 27.9 Å². The zero-order chi connectivity index (χ0) is 18.4.